The molecule has 0 spiro atoms. The Balaban J connectivity index is 0.000000174. The minimum absolute atomic E-state index is 0.341. The number of ether oxygens (including phenoxy) is 1. The zero-order chi connectivity index (χ0) is 17.0. The number of esters is 1. The van der Waals surface area contributed by atoms with Crippen LogP contribution in [0.2, 0.25) is 0 Å². The molecule has 9 heteroatoms. The van der Waals surface area contributed by atoms with Crippen molar-refractivity contribution < 1.29 is 29.5 Å². The van der Waals surface area contributed by atoms with Crippen LogP contribution in [0.15, 0.2) is 24.3 Å². The first kappa shape index (κ1) is 16.8. The van der Waals surface area contributed by atoms with Gasteiger partial charge in [-0.3, -0.25) is 14.9 Å². The van der Waals surface area contributed by atoms with E-state index in [4.69, 9.17) is 10.2 Å². The van der Waals surface area contributed by atoms with Crippen molar-refractivity contribution in [1.29, 1.82) is 0 Å². The molecule has 1 fully saturated rings. The van der Waals surface area contributed by atoms with Crippen molar-refractivity contribution in [1.82, 2.24) is 5.32 Å². The van der Waals surface area contributed by atoms with E-state index in [9.17, 15) is 19.7 Å². The number of carbonyl (C=O) groups is 2. The van der Waals surface area contributed by atoms with E-state index in [0.717, 1.165) is 0 Å². The van der Waals surface area contributed by atoms with E-state index < -0.39 is 29.1 Å². The fourth-order valence-corrected chi connectivity index (χ4v) is 2.24. The number of aliphatic carboxylic acids is 1. The number of β-amino-alcohol motifs (C(OH)–C–C–N with tert-alkyl or cyclic N) is 1. The first-order valence-electron chi connectivity index (χ1n) is 6.97. The molecule has 3 atom stereocenters. The van der Waals surface area contributed by atoms with Gasteiger partial charge in [0.25, 0.3) is 0 Å². The van der Waals surface area contributed by atoms with Crippen LogP contribution >= 0.6 is 0 Å². The SMILES string of the molecule is O=C(O)C1CCC(O)CN1.O=C1OC([N+](=O)[O-])c2ccc1cc2. The number of aliphatic hydroxyl groups excluding tert-OH is 1. The van der Waals surface area contributed by atoms with Crippen LogP contribution in [0.25, 0.3) is 0 Å². The van der Waals surface area contributed by atoms with Gasteiger partial charge in [0.05, 0.1) is 22.2 Å². The first-order chi connectivity index (χ1) is 10.9. The molecule has 1 saturated heterocycles. The van der Waals surface area contributed by atoms with E-state index in [0.29, 0.717) is 30.5 Å². The minimum Gasteiger partial charge on any atom is -0.480 e. The van der Waals surface area contributed by atoms with Crippen molar-refractivity contribution in [2.24, 2.45) is 0 Å². The summed E-state index contributed by atoms with van der Waals surface area (Å²) in [6, 6.07) is 5.62. The van der Waals surface area contributed by atoms with Crippen molar-refractivity contribution in [2.45, 2.75) is 31.2 Å². The quantitative estimate of drug-likeness (QED) is 0.401. The van der Waals surface area contributed by atoms with Crippen LogP contribution in [-0.4, -0.2) is 45.8 Å². The largest absolute Gasteiger partial charge is 0.480 e. The van der Waals surface area contributed by atoms with E-state index in [1.165, 1.54) is 24.3 Å². The second kappa shape index (κ2) is 7.16. The van der Waals surface area contributed by atoms with E-state index >= 15 is 0 Å². The summed E-state index contributed by atoms with van der Waals surface area (Å²) in [6.07, 6.45) is -0.615. The standard InChI is InChI=1S/C8H5NO4.C6H11NO3/c10-8-6-3-1-5(2-4-6)7(13-8)9(11)12;8-4-1-2-5(6(9)10)7-3-4/h1-4,7H;4-5,7-8H,1-3H2,(H,9,10). The van der Waals surface area contributed by atoms with Crippen molar-refractivity contribution in [3.05, 3.63) is 45.5 Å². The van der Waals surface area contributed by atoms with E-state index in [-0.39, 0.29) is 6.10 Å². The van der Waals surface area contributed by atoms with Crippen LogP contribution in [0.5, 0.6) is 0 Å². The molecule has 3 heterocycles. The molecule has 0 radical (unpaired) electrons. The highest BCUT2D eigenvalue weighted by Gasteiger charge is 2.31. The topological polar surface area (TPSA) is 139 Å². The smallest absolute Gasteiger partial charge is 0.383 e. The number of rotatable bonds is 2. The van der Waals surface area contributed by atoms with Crippen molar-refractivity contribution in [2.75, 3.05) is 6.54 Å². The highest BCUT2D eigenvalue weighted by atomic mass is 16.7. The van der Waals surface area contributed by atoms with Gasteiger partial charge in [-0.15, -0.1) is 0 Å². The van der Waals surface area contributed by atoms with Gasteiger partial charge < -0.3 is 20.3 Å². The fourth-order valence-electron chi connectivity index (χ4n) is 2.24. The number of hydrogen-bond acceptors (Lipinski definition) is 7. The lowest BCUT2D eigenvalue weighted by atomic mass is 10.0. The Bertz CT molecular complexity index is 594. The normalized spacial score (nSPS) is 25.6. The predicted octanol–water partition coefficient (Wildman–Crippen LogP) is 0.316. The van der Waals surface area contributed by atoms with Gasteiger partial charge in [-0.1, -0.05) is 0 Å². The molecule has 3 unspecified atom stereocenters. The Labute approximate surface area is 131 Å². The van der Waals surface area contributed by atoms with Crippen LogP contribution in [0.1, 0.15) is 35.0 Å². The van der Waals surface area contributed by atoms with E-state index in [2.05, 4.69) is 10.1 Å². The molecule has 0 amide bonds. The number of piperidine rings is 1. The molecule has 3 aliphatic heterocycles. The monoisotopic (exact) mass is 324 g/mol. The third-order valence-electron chi connectivity index (χ3n) is 3.53. The molecule has 0 saturated carbocycles. The van der Waals surface area contributed by atoms with Crippen molar-refractivity contribution in [3.8, 4) is 0 Å². The lowest BCUT2D eigenvalue weighted by Crippen LogP contribution is -2.45. The van der Waals surface area contributed by atoms with Gasteiger partial charge >= 0.3 is 18.2 Å². The molecule has 1 aromatic carbocycles. The molecular formula is C14H16N2O7. The summed E-state index contributed by atoms with van der Waals surface area (Å²) in [5.41, 5.74) is 0.729. The summed E-state index contributed by atoms with van der Waals surface area (Å²) in [6.45, 7) is 0.400. The molecular weight excluding hydrogens is 308 g/mol. The number of carboxylic acid groups (broad SMARTS) is 1. The van der Waals surface area contributed by atoms with Crippen molar-refractivity contribution >= 4 is 11.9 Å². The molecule has 0 aliphatic carbocycles. The predicted molar refractivity (Wildman–Crippen MR) is 76.3 cm³/mol. The highest BCUT2D eigenvalue weighted by molar-refractivity contribution is 5.90. The van der Waals surface area contributed by atoms with Gasteiger partial charge in [0, 0.05) is 6.54 Å². The van der Waals surface area contributed by atoms with Crippen LogP contribution in [-0.2, 0) is 9.53 Å². The number of carboxylic acids is 1. The van der Waals surface area contributed by atoms with Gasteiger partial charge in [-0.25, -0.2) is 4.79 Å². The summed E-state index contributed by atoms with van der Waals surface area (Å²) < 4.78 is 4.62. The van der Waals surface area contributed by atoms with E-state index in [1.54, 1.807) is 0 Å². The average Bonchev–Trinajstić information content (AvgIpc) is 2.78. The van der Waals surface area contributed by atoms with Gasteiger partial charge in [0.1, 0.15) is 6.04 Å². The maximum Gasteiger partial charge on any atom is 0.383 e. The number of hydrogen-bond donors (Lipinski definition) is 3. The summed E-state index contributed by atoms with van der Waals surface area (Å²) in [5.74, 6) is -1.48. The molecule has 23 heavy (non-hydrogen) atoms. The van der Waals surface area contributed by atoms with E-state index in [1.807, 2.05) is 0 Å². The van der Waals surface area contributed by atoms with Gasteiger partial charge in [-0.05, 0) is 37.1 Å². The Morgan fingerprint density at radius 1 is 1.30 bits per heavy atom. The fraction of sp³-hybridized carbons (Fsp3) is 0.429. The number of nitrogens with zero attached hydrogens (tertiary/aromatic N) is 1. The maximum absolute atomic E-state index is 11.1. The molecule has 2 bridgehead atoms. The van der Waals surface area contributed by atoms with Crippen LogP contribution in [0.4, 0.5) is 0 Å². The number of fused-ring (bicyclic) bond motifs is 4. The van der Waals surface area contributed by atoms with Gasteiger partial charge in [0.15, 0.2) is 0 Å². The van der Waals surface area contributed by atoms with Crippen LogP contribution < -0.4 is 5.32 Å². The van der Waals surface area contributed by atoms with Crippen LogP contribution in [0.3, 0.4) is 0 Å². The second-order valence-electron chi connectivity index (χ2n) is 5.20. The second-order valence-corrected chi connectivity index (χ2v) is 5.20. The average molecular weight is 324 g/mol. The van der Waals surface area contributed by atoms with Gasteiger partial charge in [0.2, 0.25) is 0 Å². The summed E-state index contributed by atoms with van der Waals surface area (Å²) in [5, 5.41) is 30.6. The number of carbonyl (C=O) groups excluding carboxylic acids is 1. The molecule has 124 valence electrons. The van der Waals surface area contributed by atoms with Crippen LogP contribution in [0, 0.1) is 10.1 Å². The Hall–Kier alpha value is -2.52. The zero-order valence-electron chi connectivity index (χ0n) is 12.0. The minimum atomic E-state index is -1.36. The van der Waals surface area contributed by atoms with Gasteiger partial charge in [-0.2, -0.15) is 0 Å². The number of aliphatic hydroxyl groups is 1. The Morgan fingerprint density at radius 3 is 2.43 bits per heavy atom. The lowest BCUT2D eigenvalue weighted by Gasteiger charge is -2.23. The first-order valence-corrected chi connectivity index (χ1v) is 6.97. The number of nitro groups is 1. The molecule has 9 nitrogen and oxygen atoms in total. The third kappa shape index (κ3) is 4.24. The Morgan fingerprint density at radius 2 is 1.96 bits per heavy atom. The Kier molecular flexibility index (Phi) is 5.24. The summed E-state index contributed by atoms with van der Waals surface area (Å²) >= 11 is 0. The lowest BCUT2D eigenvalue weighted by molar-refractivity contribution is -0.574. The molecule has 3 aliphatic rings. The highest BCUT2D eigenvalue weighted by Crippen LogP contribution is 2.24. The molecule has 3 N–H and O–H groups in total. The summed E-state index contributed by atoms with van der Waals surface area (Å²) in [7, 11) is 0. The molecule has 4 rings (SSSR count). The maximum atomic E-state index is 11.1. The summed E-state index contributed by atoms with van der Waals surface area (Å²) in [4.78, 5) is 31.3. The number of nitrogens with one attached hydrogen (secondary N) is 1. The zero-order valence-corrected chi connectivity index (χ0v) is 12.0. The molecule has 1 aromatic rings. The third-order valence-corrected chi connectivity index (χ3v) is 3.53. The molecule has 0 aromatic heterocycles. The number of benzene rings is 1. The van der Waals surface area contributed by atoms with Crippen molar-refractivity contribution in [3.63, 3.8) is 0 Å².